The average molecular weight is 404 g/mol. The Morgan fingerprint density at radius 3 is 2.47 bits per heavy atom. The lowest BCUT2D eigenvalue weighted by molar-refractivity contribution is -0.135. The van der Waals surface area contributed by atoms with Gasteiger partial charge in [0.05, 0.1) is 13.5 Å². The monoisotopic (exact) mass is 404 g/mol. The number of carbonyl (C=O) groups excluding carboxylic acids is 1. The summed E-state index contributed by atoms with van der Waals surface area (Å²) in [6.45, 7) is 0. The molecule has 0 saturated carbocycles. The first-order valence-electron chi connectivity index (χ1n) is 10.4. The molecule has 4 heterocycles. The summed E-state index contributed by atoms with van der Waals surface area (Å²) in [6.07, 6.45) is 7.71. The molecule has 5 rings (SSSR count). The number of pyridine rings is 1. The van der Waals surface area contributed by atoms with Crippen molar-refractivity contribution in [1.82, 2.24) is 20.0 Å². The summed E-state index contributed by atoms with van der Waals surface area (Å²) in [4.78, 5) is 23.8. The molecule has 7 nitrogen and oxygen atoms in total. The molecule has 1 amide bonds. The summed E-state index contributed by atoms with van der Waals surface area (Å²) < 4.78 is 10.8. The van der Waals surface area contributed by atoms with Gasteiger partial charge in [0, 0.05) is 36.0 Å². The van der Waals surface area contributed by atoms with Crippen molar-refractivity contribution in [3.05, 3.63) is 60.2 Å². The van der Waals surface area contributed by atoms with Crippen LogP contribution in [0.15, 0.2) is 53.3 Å². The first kappa shape index (κ1) is 18.8. The zero-order valence-corrected chi connectivity index (χ0v) is 16.9. The van der Waals surface area contributed by atoms with E-state index in [0.29, 0.717) is 18.1 Å². The van der Waals surface area contributed by atoms with Crippen molar-refractivity contribution in [2.75, 3.05) is 7.11 Å². The van der Waals surface area contributed by atoms with Crippen molar-refractivity contribution < 1.29 is 14.1 Å². The molecule has 0 radical (unpaired) electrons. The van der Waals surface area contributed by atoms with Crippen LogP contribution in [0.3, 0.4) is 0 Å². The van der Waals surface area contributed by atoms with Gasteiger partial charge in [-0.05, 0) is 55.5 Å². The van der Waals surface area contributed by atoms with Crippen LogP contribution in [0, 0.1) is 0 Å². The van der Waals surface area contributed by atoms with Gasteiger partial charge in [0.2, 0.25) is 17.6 Å². The molecule has 154 valence electrons. The Bertz CT molecular complexity index is 1000. The first-order chi connectivity index (χ1) is 14.7. The Balaban J connectivity index is 1.27. The highest BCUT2D eigenvalue weighted by Crippen LogP contribution is 2.43. The van der Waals surface area contributed by atoms with Crippen LogP contribution in [0.4, 0.5) is 0 Å². The SMILES string of the molecule is COc1ccc(CC(=O)N2C3CCC2CC(c2nc(-c4ccncc4)no2)C3)cc1. The fourth-order valence-electron chi connectivity index (χ4n) is 4.81. The van der Waals surface area contributed by atoms with E-state index >= 15 is 0 Å². The van der Waals surface area contributed by atoms with Crippen molar-refractivity contribution in [2.24, 2.45) is 0 Å². The molecule has 30 heavy (non-hydrogen) atoms. The molecule has 2 aliphatic heterocycles. The molecule has 1 aromatic carbocycles. The van der Waals surface area contributed by atoms with Crippen LogP contribution in [-0.4, -0.2) is 45.1 Å². The molecule has 0 spiro atoms. The minimum Gasteiger partial charge on any atom is -0.497 e. The van der Waals surface area contributed by atoms with Gasteiger partial charge in [-0.1, -0.05) is 17.3 Å². The van der Waals surface area contributed by atoms with E-state index in [1.165, 1.54) is 0 Å². The average Bonchev–Trinajstić information content (AvgIpc) is 3.38. The Morgan fingerprint density at radius 1 is 1.10 bits per heavy atom. The summed E-state index contributed by atoms with van der Waals surface area (Å²) in [5.74, 6) is 2.49. The number of ether oxygens (including phenoxy) is 1. The van der Waals surface area contributed by atoms with Crippen molar-refractivity contribution in [3.8, 4) is 17.1 Å². The smallest absolute Gasteiger partial charge is 0.230 e. The van der Waals surface area contributed by atoms with E-state index in [4.69, 9.17) is 9.26 Å². The molecule has 2 bridgehead atoms. The van der Waals surface area contributed by atoms with Crippen LogP contribution >= 0.6 is 0 Å². The van der Waals surface area contributed by atoms with Crippen LogP contribution in [0.1, 0.15) is 43.1 Å². The third-order valence-electron chi connectivity index (χ3n) is 6.26. The van der Waals surface area contributed by atoms with Crippen molar-refractivity contribution in [2.45, 2.75) is 50.1 Å². The number of carbonyl (C=O) groups is 1. The topological polar surface area (TPSA) is 81.4 Å². The summed E-state index contributed by atoms with van der Waals surface area (Å²) in [5, 5.41) is 4.15. The number of hydrogen-bond donors (Lipinski definition) is 0. The molecule has 2 unspecified atom stereocenters. The van der Waals surface area contributed by atoms with E-state index in [1.54, 1.807) is 19.5 Å². The number of fused-ring (bicyclic) bond motifs is 2. The molecule has 2 atom stereocenters. The molecule has 2 saturated heterocycles. The van der Waals surface area contributed by atoms with Gasteiger partial charge in [0.15, 0.2) is 0 Å². The van der Waals surface area contributed by atoms with E-state index < -0.39 is 0 Å². The largest absolute Gasteiger partial charge is 0.497 e. The Hall–Kier alpha value is -3.22. The number of piperidine rings is 1. The van der Waals surface area contributed by atoms with Gasteiger partial charge in [-0.15, -0.1) is 0 Å². The second-order valence-electron chi connectivity index (χ2n) is 8.07. The Morgan fingerprint density at radius 2 is 1.80 bits per heavy atom. The zero-order chi connectivity index (χ0) is 20.5. The van der Waals surface area contributed by atoms with Crippen LogP contribution in [-0.2, 0) is 11.2 Å². The fraction of sp³-hybridized carbons (Fsp3) is 0.391. The highest BCUT2D eigenvalue weighted by Gasteiger charge is 2.44. The minimum absolute atomic E-state index is 0.203. The quantitative estimate of drug-likeness (QED) is 0.646. The van der Waals surface area contributed by atoms with E-state index in [9.17, 15) is 4.79 Å². The number of methoxy groups -OCH3 is 1. The highest BCUT2D eigenvalue weighted by molar-refractivity contribution is 5.80. The number of aromatic nitrogens is 3. The van der Waals surface area contributed by atoms with Gasteiger partial charge in [0.25, 0.3) is 0 Å². The van der Waals surface area contributed by atoms with Crippen molar-refractivity contribution in [1.29, 1.82) is 0 Å². The van der Waals surface area contributed by atoms with Gasteiger partial charge in [-0.3, -0.25) is 9.78 Å². The van der Waals surface area contributed by atoms with Crippen molar-refractivity contribution in [3.63, 3.8) is 0 Å². The van der Waals surface area contributed by atoms with Crippen molar-refractivity contribution >= 4 is 5.91 Å². The molecule has 2 aromatic heterocycles. The zero-order valence-electron chi connectivity index (χ0n) is 16.9. The molecule has 0 aliphatic carbocycles. The van der Waals surface area contributed by atoms with Gasteiger partial charge >= 0.3 is 0 Å². The number of rotatable bonds is 5. The van der Waals surface area contributed by atoms with Crippen LogP contribution in [0.25, 0.3) is 11.4 Å². The second kappa shape index (κ2) is 7.89. The van der Waals surface area contributed by atoms with E-state index in [-0.39, 0.29) is 23.9 Å². The predicted molar refractivity (Wildman–Crippen MR) is 110 cm³/mol. The van der Waals surface area contributed by atoms with E-state index in [0.717, 1.165) is 42.6 Å². The molecule has 0 N–H and O–H groups in total. The standard InChI is InChI=1S/C23H24N4O3/c1-29-20-6-2-15(3-7-20)12-21(28)27-18-4-5-19(27)14-17(13-18)23-25-22(26-30-23)16-8-10-24-11-9-16/h2-3,6-11,17-19H,4-5,12-14H2,1H3. The van der Waals surface area contributed by atoms with Gasteiger partial charge in [-0.2, -0.15) is 4.98 Å². The summed E-state index contributed by atoms with van der Waals surface area (Å²) >= 11 is 0. The number of amides is 1. The molecule has 7 heteroatoms. The Labute approximate surface area is 175 Å². The molecule has 2 fully saturated rings. The third-order valence-corrected chi connectivity index (χ3v) is 6.26. The molecule has 2 aliphatic rings. The van der Waals surface area contributed by atoms with Gasteiger partial charge in [-0.25, -0.2) is 0 Å². The van der Waals surface area contributed by atoms with Gasteiger partial charge < -0.3 is 14.2 Å². The third kappa shape index (κ3) is 3.56. The maximum absolute atomic E-state index is 13.1. The van der Waals surface area contributed by atoms with Gasteiger partial charge in [0.1, 0.15) is 5.75 Å². The number of hydrogen-bond acceptors (Lipinski definition) is 6. The second-order valence-corrected chi connectivity index (χ2v) is 8.07. The lowest BCUT2D eigenvalue weighted by Crippen LogP contribution is -2.46. The Kier molecular flexibility index (Phi) is 4.94. The highest BCUT2D eigenvalue weighted by atomic mass is 16.5. The van der Waals surface area contributed by atoms with E-state index in [2.05, 4.69) is 20.0 Å². The summed E-state index contributed by atoms with van der Waals surface area (Å²) in [5.41, 5.74) is 1.91. The van der Waals surface area contributed by atoms with Crippen LogP contribution in [0.5, 0.6) is 5.75 Å². The minimum atomic E-state index is 0.203. The maximum atomic E-state index is 13.1. The number of nitrogens with zero attached hydrogens (tertiary/aromatic N) is 4. The summed E-state index contributed by atoms with van der Waals surface area (Å²) in [7, 11) is 1.64. The first-order valence-corrected chi connectivity index (χ1v) is 10.4. The molecule has 3 aromatic rings. The van der Waals surface area contributed by atoms with Crippen LogP contribution in [0.2, 0.25) is 0 Å². The lowest BCUT2D eigenvalue weighted by atomic mass is 9.90. The number of benzene rings is 1. The lowest BCUT2D eigenvalue weighted by Gasteiger charge is -2.38. The van der Waals surface area contributed by atoms with E-state index in [1.807, 2.05) is 36.4 Å². The summed E-state index contributed by atoms with van der Waals surface area (Å²) in [6, 6.07) is 12.0. The normalized spacial score (nSPS) is 22.8. The predicted octanol–water partition coefficient (Wildman–Crippen LogP) is 3.62. The fourth-order valence-corrected chi connectivity index (χ4v) is 4.81. The maximum Gasteiger partial charge on any atom is 0.230 e. The van der Waals surface area contributed by atoms with Crippen LogP contribution < -0.4 is 4.74 Å². The molecular formula is C23H24N4O3. The molecular weight excluding hydrogens is 380 g/mol.